The highest BCUT2D eigenvalue weighted by Crippen LogP contribution is 2.22. The van der Waals surface area contributed by atoms with Crippen molar-refractivity contribution in [1.82, 2.24) is 10.2 Å². The average molecular weight is 619 g/mol. The van der Waals surface area contributed by atoms with Crippen LogP contribution in [-0.2, 0) is 9.59 Å². The molecule has 0 heterocycles. The molecule has 0 rings (SSSR count). The van der Waals surface area contributed by atoms with Crippen molar-refractivity contribution < 1.29 is 23.5 Å². The Hall–Kier alpha value is -1.24. The van der Waals surface area contributed by atoms with E-state index >= 15 is 0 Å². The van der Waals surface area contributed by atoms with E-state index in [2.05, 4.69) is 45.1 Å². The molecule has 0 saturated carbocycles. The summed E-state index contributed by atoms with van der Waals surface area (Å²) in [6.45, 7) is 8.44. The first-order valence-corrected chi connectivity index (χ1v) is 18.2. The summed E-state index contributed by atoms with van der Waals surface area (Å²) in [5.41, 5.74) is 0. The lowest BCUT2D eigenvalue weighted by atomic mass is 10.0. The summed E-state index contributed by atoms with van der Waals surface area (Å²) in [6.07, 6.45) is 28.0. The molecule has 0 saturated heterocycles. The van der Waals surface area contributed by atoms with Crippen molar-refractivity contribution in [2.45, 2.75) is 187 Å². The summed E-state index contributed by atoms with van der Waals surface area (Å²) in [5, 5.41) is 11.4. The zero-order chi connectivity index (χ0) is 32.6. The van der Waals surface area contributed by atoms with Gasteiger partial charge in [0.25, 0.3) is 0 Å². The monoisotopic (exact) mass is 619 g/mol. The molecule has 0 aromatic heterocycles. The Morgan fingerprint density at radius 1 is 0.651 bits per heavy atom. The number of carbonyl (C=O) groups excluding carboxylic acids is 1. The number of carboxylic acids is 1. The number of alkyl halides is 2. The van der Waals surface area contributed by atoms with E-state index in [1.807, 2.05) is 0 Å². The van der Waals surface area contributed by atoms with Gasteiger partial charge in [-0.05, 0) is 46.3 Å². The molecular formula is C36H72F2N2O3. The lowest BCUT2D eigenvalue weighted by Gasteiger charge is -2.17. The Bertz CT molecular complexity index is 617. The molecule has 1 amide bonds. The standard InChI is InChI=1S/C18H34F2O2.C18H38N2O/c1-2-3-4-5-6-7-8-9-10-11-12-13-14-15-16-18(19,20)17(21)22;1-5-7-8-9-10-11-12-13-15-19-18(21)17(6-2)14-16-20(3)4/h2-16H2,1H3,(H,21,22);17H,5-16H2,1-4H3,(H,19,21). The van der Waals surface area contributed by atoms with Crippen LogP contribution < -0.4 is 5.32 Å². The highest BCUT2D eigenvalue weighted by molar-refractivity contribution is 5.78. The van der Waals surface area contributed by atoms with E-state index in [-0.39, 0.29) is 11.8 Å². The number of hydrogen-bond donors (Lipinski definition) is 2. The molecule has 0 fully saturated rings. The molecule has 1 atom stereocenters. The Kier molecular flexibility index (Phi) is 32.8. The van der Waals surface area contributed by atoms with E-state index in [0.717, 1.165) is 45.2 Å². The second-order valence-electron chi connectivity index (χ2n) is 12.8. The van der Waals surface area contributed by atoms with Crippen molar-refractivity contribution in [3.8, 4) is 0 Å². The first kappa shape index (κ1) is 43.9. The molecule has 5 nitrogen and oxygen atoms in total. The number of rotatable bonds is 30. The molecule has 258 valence electrons. The van der Waals surface area contributed by atoms with Crippen LogP contribution >= 0.6 is 0 Å². The van der Waals surface area contributed by atoms with Gasteiger partial charge in [-0.15, -0.1) is 0 Å². The summed E-state index contributed by atoms with van der Waals surface area (Å²) in [4.78, 5) is 24.4. The van der Waals surface area contributed by atoms with Crippen LogP contribution in [0.5, 0.6) is 0 Å². The smallest absolute Gasteiger partial charge is 0.374 e. The van der Waals surface area contributed by atoms with Crippen molar-refractivity contribution >= 4 is 11.9 Å². The first-order valence-electron chi connectivity index (χ1n) is 18.2. The van der Waals surface area contributed by atoms with Gasteiger partial charge in [0.15, 0.2) is 0 Å². The number of nitrogens with zero attached hydrogens (tertiary/aromatic N) is 1. The van der Waals surface area contributed by atoms with Crippen LogP contribution in [0.15, 0.2) is 0 Å². The van der Waals surface area contributed by atoms with Gasteiger partial charge in [0.2, 0.25) is 5.91 Å². The third-order valence-corrected chi connectivity index (χ3v) is 8.28. The van der Waals surface area contributed by atoms with Gasteiger partial charge in [-0.1, -0.05) is 149 Å². The second kappa shape index (κ2) is 32.2. The minimum atomic E-state index is -3.54. The van der Waals surface area contributed by atoms with Crippen LogP contribution in [0.1, 0.15) is 181 Å². The average Bonchev–Trinajstić information content (AvgIpc) is 2.97. The molecule has 43 heavy (non-hydrogen) atoms. The Morgan fingerprint density at radius 3 is 1.37 bits per heavy atom. The van der Waals surface area contributed by atoms with Gasteiger partial charge >= 0.3 is 11.9 Å². The second-order valence-corrected chi connectivity index (χ2v) is 12.8. The van der Waals surface area contributed by atoms with Crippen LogP contribution in [0.25, 0.3) is 0 Å². The van der Waals surface area contributed by atoms with Crippen LogP contribution in [0.4, 0.5) is 8.78 Å². The molecule has 1 unspecified atom stereocenters. The van der Waals surface area contributed by atoms with Gasteiger partial charge in [0.1, 0.15) is 0 Å². The Morgan fingerprint density at radius 2 is 1.02 bits per heavy atom. The highest BCUT2D eigenvalue weighted by Gasteiger charge is 2.37. The Balaban J connectivity index is 0. The molecule has 7 heteroatoms. The third-order valence-electron chi connectivity index (χ3n) is 8.28. The molecular weight excluding hydrogens is 546 g/mol. The molecule has 0 aromatic rings. The molecule has 0 aliphatic carbocycles. The third kappa shape index (κ3) is 32.0. The van der Waals surface area contributed by atoms with E-state index in [0.29, 0.717) is 12.8 Å². The van der Waals surface area contributed by atoms with E-state index < -0.39 is 18.3 Å². The predicted octanol–water partition coefficient (Wildman–Crippen LogP) is 10.8. The molecule has 0 aliphatic heterocycles. The largest absolute Gasteiger partial charge is 0.477 e. The van der Waals surface area contributed by atoms with Gasteiger partial charge in [-0.25, -0.2) is 4.79 Å². The number of halogens is 2. The molecule has 0 bridgehead atoms. The number of amides is 1. The quantitative estimate of drug-likeness (QED) is 0.0786. The van der Waals surface area contributed by atoms with Gasteiger partial charge in [0, 0.05) is 18.9 Å². The fourth-order valence-corrected chi connectivity index (χ4v) is 5.20. The number of carbonyl (C=O) groups is 2. The van der Waals surface area contributed by atoms with Gasteiger partial charge in [-0.2, -0.15) is 8.78 Å². The van der Waals surface area contributed by atoms with E-state index in [4.69, 9.17) is 5.11 Å². The number of aliphatic carboxylic acids is 1. The number of hydrogen-bond acceptors (Lipinski definition) is 3. The molecule has 0 aliphatic rings. The lowest BCUT2D eigenvalue weighted by Crippen LogP contribution is -2.33. The fraction of sp³-hybridized carbons (Fsp3) is 0.944. The SMILES string of the molecule is CCCCCCCCCCCCCCCCC(F)(F)C(=O)O.CCCCCCCCCCNC(=O)C(CC)CCN(C)C. The summed E-state index contributed by atoms with van der Waals surface area (Å²) < 4.78 is 25.6. The summed E-state index contributed by atoms with van der Waals surface area (Å²) >= 11 is 0. The van der Waals surface area contributed by atoms with Gasteiger partial charge < -0.3 is 15.3 Å². The number of nitrogens with one attached hydrogen (secondary N) is 1. The van der Waals surface area contributed by atoms with Crippen molar-refractivity contribution in [2.75, 3.05) is 27.2 Å². The molecule has 0 spiro atoms. The fourth-order valence-electron chi connectivity index (χ4n) is 5.20. The van der Waals surface area contributed by atoms with Crippen molar-refractivity contribution in [3.63, 3.8) is 0 Å². The maximum atomic E-state index is 12.8. The van der Waals surface area contributed by atoms with Crippen molar-refractivity contribution in [1.29, 1.82) is 0 Å². The maximum Gasteiger partial charge on any atom is 0.374 e. The number of unbranched alkanes of at least 4 members (excludes halogenated alkanes) is 20. The lowest BCUT2D eigenvalue weighted by molar-refractivity contribution is -0.165. The molecule has 0 aromatic carbocycles. The van der Waals surface area contributed by atoms with E-state index in [1.165, 1.54) is 109 Å². The van der Waals surface area contributed by atoms with Crippen molar-refractivity contribution in [3.05, 3.63) is 0 Å². The highest BCUT2D eigenvalue weighted by atomic mass is 19.3. The van der Waals surface area contributed by atoms with E-state index in [1.54, 1.807) is 0 Å². The summed E-state index contributed by atoms with van der Waals surface area (Å²) in [7, 11) is 4.12. The minimum absolute atomic E-state index is 0.182. The minimum Gasteiger partial charge on any atom is -0.477 e. The predicted molar refractivity (Wildman–Crippen MR) is 180 cm³/mol. The van der Waals surface area contributed by atoms with Gasteiger partial charge in [0.05, 0.1) is 0 Å². The summed E-state index contributed by atoms with van der Waals surface area (Å²) in [6, 6.07) is 0. The van der Waals surface area contributed by atoms with E-state index in [9.17, 15) is 18.4 Å². The maximum absolute atomic E-state index is 12.8. The van der Waals surface area contributed by atoms with Crippen LogP contribution in [0.3, 0.4) is 0 Å². The first-order chi connectivity index (χ1) is 20.6. The van der Waals surface area contributed by atoms with Crippen LogP contribution in [0.2, 0.25) is 0 Å². The zero-order valence-electron chi connectivity index (χ0n) is 29.1. The molecule has 2 N–H and O–H groups in total. The van der Waals surface area contributed by atoms with Crippen molar-refractivity contribution in [2.24, 2.45) is 5.92 Å². The van der Waals surface area contributed by atoms with Crippen LogP contribution in [0, 0.1) is 5.92 Å². The van der Waals surface area contributed by atoms with Gasteiger partial charge in [-0.3, -0.25) is 4.79 Å². The normalized spacial score (nSPS) is 12.2. The number of carboxylic acid groups (broad SMARTS) is 1. The molecule has 0 radical (unpaired) electrons. The van der Waals surface area contributed by atoms with Crippen LogP contribution in [-0.4, -0.2) is 55.0 Å². The summed E-state index contributed by atoms with van der Waals surface area (Å²) in [5.74, 6) is -5.11. The zero-order valence-corrected chi connectivity index (χ0v) is 29.1. The Labute approximate surface area is 265 Å². The topological polar surface area (TPSA) is 69.6 Å².